The van der Waals surface area contributed by atoms with E-state index in [9.17, 15) is 5.11 Å². The molecule has 24 heavy (non-hydrogen) atoms. The molecule has 0 unspecified atom stereocenters. The van der Waals surface area contributed by atoms with Crippen molar-refractivity contribution in [3.05, 3.63) is 64.7 Å². The fraction of sp³-hybridized carbons (Fsp3) is 0.273. The van der Waals surface area contributed by atoms with Gasteiger partial charge in [-0.15, -0.1) is 0 Å². The van der Waals surface area contributed by atoms with Crippen LogP contribution in [0, 0.1) is 0 Å². The zero-order valence-electron chi connectivity index (χ0n) is 14.3. The van der Waals surface area contributed by atoms with Gasteiger partial charge in [-0.3, -0.25) is 0 Å². The van der Waals surface area contributed by atoms with E-state index in [1.54, 1.807) is 15.9 Å². The van der Waals surface area contributed by atoms with Gasteiger partial charge >= 0.3 is 0 Å². The Kier molecular flexibility index (Phi) is 2.89. The Morgan fingerprint density at radius 3 is 2.71 bits per heavy atom. The van der Waals surface area contributed by atoms with E-state index in [0.29, 0.717) is 0 Å². The molecule has 120 valence electrons. The predicted octanol–water partition coefficient (Wildman–Crippen LogP) is 3.49. The Labute approximate surface area is 144 Å². The van der Waals surface area contributed by atoms with Gasteiger partial charge in [0.25, 0.3) is 0 Å². The van der Waals surface area contributed by atoms with Crippen molar-refractivity contribution in [3.8, 4) is 11.1 Å². The first kappa shape index (κ1) is 14.4. The highest BCUT2D eigenvalue weighted by atomic mass is 28.3. The predicted molar refractivity (Wildman–Crippen MR) is 104 cm³/mol. The minimum absolute atomic E-state index is 0.242. The lowest BCUT2D eigenvalue weighted by Gasteiger charge is -2.07. The quantitative estimate of drug-likeness (QED) is 0.729. The van der Waals surface area contributed by atoms with Gasteiger partial charge in [-0.05, 0) is 69.5 Å². The van der Waals surface area contributed by atoms with Crippen LogP contribution in [0.25, 0.3) is 16.7 Å². The molecule has 1 nitrogen and oxygen atoms in total. The molecule has 2 aliphatic carbocycles. The molecule has 0 atom stereocenters. The average molecular weight is 331 g/mol. The van der Waals surface area contributed by atoms with Crippen LogP contribution in [0.4, 0.5) is 0 Å². The van der Waals surface area contributed by atoms with Crippen LogP contribution in [0.1, 0.15) is 29.5 Å². The fourth-order valence-corrected chi connectivity index (χ4v) is 8.64. The van der Waals surface area contributed by atoms with Crippen LogP contribution in [0.2, 0.25) is 13.1 Å². The number of aliphatic hydroxyl groups excluding tert-OH is 1. The molecule has 0 saturated carbocycles. The zero-order chi connectivity index (χ0) is 16.5. The first-order valence-electron chi connectivity index (χ1n) is 8.91. The topological polar surface area (TPSA) is 20.2 Å². The van der Waals surface area contributed by atoms with Crippen molar-refractivity contribution in [2.75, 3.05) is 6.61 Å². The average Bonchev–Trinajstić information content (AvgIpc) is 2.95. The van der Waals surface area contributed by atoms with Crippen LogP contribution in [-0.4, -0.2) is 19.8 Å². The zero-order valence-corrected chi connectivity index (χ0v) is 15.3. The third kappa shape index (κ3) is 1.84. The lowest BCUT2D eigenvalue weighted by atomic mass is 9.98. The Morgan fingerprint density at radius 1 is 1.04 bits per heavy atom. The van der Waals surface area contributed by atoms with Crippen LogP contribution in [0.5, 0.6) is 0 Å². The summed E-state index contributed by atoms with van der Waals surface area (Å²) < 4.78 is 0. The molecule has 0 spiro atoms. The SMILES string of the molecule is C[Si]1(C)c2c(C3=CC(CCO)=CC3)cc3c(c21)Cc1ccccc1-3. The minimum Gasteiger partial charge on any atom is -0.396 e. The van der Waals surface area contributed by atoms with Gasteiger partial charge in [-0.1, -0.05) is 54.7 Å². The number of fused-ring (bicyclic) bond motifs is 5. The van der Waals surface area contributed by atoms with Gasteiger partial charge in [-0.25, -0.2) is 0 Å². The van der Waals surface area contributed by atoms with E-state index in [0.717, 1.165) is 19.3 Å². The summed E-state index contributed by atoms with van der Waals surface area (Å²) >= 11 is 0. The number of hydrogen-bond donors (Lipinski definition) is 1. The van der Waals surface area contributed by atoms with Gasteiger partial charge in [0.05, 0.1) is 0 Å². The summed E-state index contributed by atoms with van der Waals surface area (Å²) in [6.45, 7) is 5.25. The van der Waals surface area contributed by atoms with E-state index in [1.807, 2.05) is 0 Å². The Bertz CT molecular complexity index is 947. The molecule has 5 rings (SSSR count). The standard InChI is InChI=1S/C22H22OSi/c1-24(2)21-18(16-8-7-14(11-16)9-10-23)13-19-17-6-4-3-5-15(17)12-20(19)22(21)24/h3-7,11,13,23H,8-10,12H2,1-2H3. The lowest BCUT2D eigenvalue weighted by Crippen LogP contribution is -2.19. The van der Waals surface area contributed by atoms with Gasteiger partial charge in [0.2, 0.25) is 0 Å². The van der Waals surface area contributed by atoms with Crippen molar-refractivity contribution in [2.24, 2.45) is 0 Å². The largest absolute Gasteiger partial charge is 0.396 e. The van der Waals surface area contributed by atoms with E-state index >= 15 is 0 Å². The summed E-state index contributed by atoms with van der Waals surface area (Å²) in [4.78, 5) is 0. The first-order chi connectivity index (χ1) is 11.6. The monoisotopic (exact) mass is 330 g/mol. The van der Waals surface area contributed by atoms with Gasteiger partial charge in [0, 0.05) is 6.61 Å². The van der Waals surface area contributed by atoms with Crippen LogP contribution < -0.4 is 10.4 Å². The molecule has 0 saturated heterocycles. The van der Waals surface area contributed by atoms with Gasteiger partial charge in [0.15, 0.2) is 0 Å². The maximum absolute atomic E-state index is 9.20. The summed E-state index contributed by atoms with van der Waals surface area (Å²) in [6, 6.07) is 11.4. The molecule has 0 fully saturated rings. The second-order valence-electron chi connectivity index (χ2n) is 7.79. The van der Waals surface area contributed by atoms with Crippen molar-refractivity contribution in [1.29, 1.82) is 0 Å². The second kappa shape index (κ2) is 4.81. The highest BCUT2D eigenvalue weighted by Gasteiger charge is 2.50. The molecule has 0 aromatic heterocycles. The van der Waals surface area contributed by atoms with Crippen molar-refractivity contribution in [1.82, 2.24) is 0 Å². The van der Waals surface area contributed by atoms with Crippen molar-refractivity contribution in [3.63, 3.8) is 0 Å². The number of benzene rings is 2. The van der Waals surface area contributed by atoms with Crippen molar-refractivity contribution < 1.29 is 5.11 Å². The second-order valence-corrected chi connectivity index (χ2v) is 12.0. The number of hydrogen-bond acceptors (Lipinski definition) is 1. The summed E-state index contributed by atoms with van der Waals surface area (Å²) in [6.07, 6.45) is 7.53. The number of allylic oxidation sites excluding steroid dienone is 3. The third-order valence-electron chi connectivity index (χ3n) is 5.99. The summed E-state index contributed by atoms with van der Waals surface area (Å²) in [5.74, 6) is 0. The third-order valence-corrected chi connectivity index (χ3v) is 9.31. The molecule has 2 heteroatoms. The highest BCUT2D eigenvalue weighted by Crippen LogP contribution is 2.42. The van der Waals surface area contributed by atoms with E-state index in [4.69, 9.17) is 0 Å². The molecule has 0 amide bonds. The maximum Gasteiger partial charge on any atom is 0.113 e. The van der Waals surface area contributed by atoms with E-state index in [-0.39, 0.29) is 6.61 Å². The molecule has 1 N–H and O–H groups in total. The number of rotatable bonds is 3. The minimum atomic E-state index is -1.36. The molecular formula is C22H22OSi. The smallest absolute Gasteiger partial charge is 0.113 e. The fourth-order valence-electron chi connectivity index (χ4n) is 4.79. The first-order valence-corrected chi connectivity index (χ1v) is 11.9. The van der Waals surface area contributed by atoms with Crippen LogP contribution in [0.15, 0.2) is 48.1 Å². The molecule has 1 heterocycles. The normalized spacial score (nSPS) is 18.6. The van der Waals surface area contributed by atoms with Crippen molar-refractivity contribution in [2.45, 2.75) is 32.4 Å². The van der Waals surface area contributed by atoms with Crippen molar-refractivity contribution >= 4 is 24.0 Å². The Hall–Kier alpha value is -1.90. The molecule has 2 aromatic rings. The van der Waals surface area contributed by atoms with Crippen LogP contribution in [0.3, 0.4) is 0 Å². The summed E-state index contributed by atoms with van der Waals surface area (Å²) in [5, 5.41) is 12.6. The van der Waals surface area contributed by atoms with E-state index in [1.165, 1.54) is 33.4 Å². The Morgan fingerprint density at radius 2 is 1.88 bits per heavy atom. The number of aliphatic hydroxyl groups is 1. The van der Waals surface area contributed by atoms with Crippen LogP contribution >= 0.6 is 0 Å². The van der Waals surface area contributed by atoms with E-state index < -0.39 is 8.07 Å². The van der Waals surface area contributed by atoms with Crippen LogP contribution in [-0.2, 0) is 6.42 Å². The Balaban J connectivity index is 1.67. The highest BCUT2D eigenvalue weighted by molar-refractivity contribution is 7.16. The van der Waals surface area contributed by atoms with Gasteiger partial charge < -0.3 is 5.11 Å². The lowest BCUT2D eigenvalue weighted by molar-refractivity contribution is 0.300. The summed E-state index contributed by atoms with van der Waals surface area (Å²) in [5.41, 5.74) is 10.3. The van der Waals surface area contributed by atoms with E-state index in [2.05, 4.69) is 55.6 Å². The molecule has 0 radical (unpaired) electrons. The molecule has 2 aromatic carbocycles. The van der Waals surface area contributed by atoms with Gasteiger partial charge in [-0.2, -0.15) is 0 Å². The molecule has 1 aliphatic heterocycles. The van der Waals surface area contributed by atoms with Gasteiger partial charge in [0.1, 0.15) is 8.07 Å². The molecular weight excluding hydrogens is 308 g/mol. The molecule has 0 bridgehead atoms. The molecule has 3 aliphatic rings. The summed E-state index contributed by atoms with van der Waals surface area (Å²) in [7, 11) is -1.36. The maximum atomic E-state index is 9.20.